The number of halogens is 3. The number of allylic oxidation sites excluding steroid dienone is 2. The summed E-state index contributed by atoms with van der Waals surface area (Å²) in [4.78, 5) is 0. The van der Waals surface area contributed by atoms with Crippen LogP contribution in [0.15, 0.2) is 21.6 Å². The summed E-state index contributed by atoms with van der Waals surface area (Å²) in [6.07, 6.45) is 1.50. The highest BCUT2D eigenvalue weighted by Crippen LogP contribution is 2.12. The van der Waals surface area contributed by atoms with Crippen molar-refractivity contribution < 1.29 is 0 Å². The van der Waals surface area contributed by atoms with Crippen molar-refractivity contribution in [1.29, 1.82) is 0 Å². The first-order chi connectivity index (χ1) is 3.13. The summed E-state index contributed by atoms with van der Waals surface area (Å²) in [6, 6.07) is 0. The van der Waals surface area contributed by atoms with Crippen LogP contribution in [0.1, 0.15) is 0 Å². The molecule has 0 rings (SSSR count). The van der Waals surface area contributed by atoms with Crippen LogP contribution in [-0.2, 0) is 0 Å². The Bertz CT molecular complexity index is 102. The van der Waals surface area contributed by atoms with E-state index in [1.165, 1.54) is 6.08 Å². The molecule has 0 atom stereocenters. The molecule has 40 valence electrons. The molecule has 0 spiro atoms. The van der Waals surface area contributed by atoms with Gasteiger partial charge in [0.2, 0.25) is 0 Å². The zero-order chi connectivity index (χ0) is 5.86. The Kier molecular flexibility index (Phi) is 3.80. The SMILES string of the molecule is C=C(Br)C=C(Cl)Cl. The van der Waals surface area contributed by atoms with E-state index in [0.717, 1.165) is 0 Å². The van der Waals surface area contributed by atoms with E-state index >= 15 is 0 Å². The molecule has 0 radical (unpaired) electrons. The van der Waals surface area contributed by atoms with Crippen LogP contribution in [0.25, 0.3) is 0 Å². The van der Waals surface area contributed by atoms with Crippen LogP contribution in [0.4, 0.5) is 0 Å². The number of hydrogen-bond donors (Lipinski definition) is 0. The molecule has 0 aliphatic heterocycles. The van der Waals surface area contributed by atoms with Crippen molar-refractivity contribution in [1.82, 2.24) is 0 Å². The third-order valence-corrected chi connectivity index (χ3v) is 0.713. The van der Waals surface area contributed by atoms with E-state index in [4.69, 9.17) is 23.2 Å². The summed E-state index contributed by atoms with van der Waals surface area (Å²) in [6.45, 7) is 3.47. The van der Waals surface area contributed by atoms with E-state index in [2.05, 4.69) is 22.5 Å². The fourth-order valence-corrected chi connectivity index (χ4v) is 0.874. The van der Waals surface area contributed by atoms with Crippen LogP contribution in [0, 0.1) is 0 Å². The second-order valence-electron chi connectivity index (χ2n) is 0.881. The zero-order valence-corrected chi connectivity index (χ0v) is 6.52. The molecule has 0 aromatic rings. The molecule has 7 heavy (non-hydrogen) atoms. The molecule has 0 heterocycles. The molecule has 0 aromatic heterocycles. The van der Waals surface area contributed by atoms with Crippen molar-refractivity contribution in [2.75, 3.05) is 0 Å². The number of rotatable bonds is 1. The van der Waals surface area contributed by atoms with Gasteiger partial charge in [0.1, 0.15) is 4.49 Å². The first-order valence-electron chi connectivity index (χ1n) is 1.50. The van der Waals surface area contributed by atoms with E-state index in [1.807, 2.05) is 0 Å². The average molecular weight is 202 g/mol. The summed E-state index contributed by atoms with van der Waals surface area (Å²) in [5.74, 6) is 0. The first kappa shape index (κ1) is 7.54. The average Bonchev–Trinajstić information content (AvgIpc) is 1.27. The molecule has 3 heteroatoms. The van der Waals surface area contributed by atoms with Gasteiger partial charge >= 0.3 is 0 Å². The maximum atomic E-state index is 5.21. The first-order valence-corrected chi connectivity index (χ1v) is 3.05. The Hall–Kier alpha value is 0.540. The Labute approximate surface area is 60.9 Å². The van der Waals surface area contributed by atoms with Gasteiger partial charge in [-0.05, 0) is 6.08 Å². The van der Waals surface area contributed by atoms with Crippen molar-refractivity contribution in [2.24, 2.45) is 0 Å². The maximum Gasteiger partial charge on any atom is 0.107 e. The molecule has 0 aromatic carbocycles. The molecule has 0 amide bonds. The molecule has 0 saturated carbocycles. The van der Waals surface area contributed by atoms with Gasteiger partial charge in [-0.3, -0.25) is 0 Å². The summed E-state index contributed by atoms with van der Waals surface area (Å²) < 4.78 is 0.884. The van der Waals surface area contributed by atoms with E-state index in [9.17, 15) is 0 Å². The summed E-state index contributed by atoms with van der Waals surface area (Å²) in [5.41, 5.74) is 0. The fourth-order valence-electron chi connectivity index (χ4n) is 0.118. The standard InChI is InChI=1S/C4H3BrCl2/c1-3(5)2-4(6)7/h2H,1H2. The van der Waals surface area contributed by atoms with Crippen molar-refractivity contribution in [2.45, 2.75) is 0 Å². The minimum absolute atomic E-state index is 0.210. The fraction of sp³-hybridized carbons (Fsp3) is 0. The third-order valence-electron chi connectivity index (χ3n) is 0.266. The van der Waals surface area contributed by atoms with Gasteiger partial charge in [0, 0.05) is 4.48 Å². The Morgan fingerprint density at radius 2 is 2.00 bits per heavy atom. The Balaban J connectivity index is 3.68. The predicted octanol–water partition coefficient (Wildman–Crippen LogP) is 3.21. The predicted molar refractivity (Wildman–Crippen MR) is 37.9 cm³/mol. The lowest BCUT2D eigenvalue weighted by atomic mass is 10.6. The van der Waals surface area contributed by atoms with Crippen LogP contribution >= 0.6 is 39.1 Å². The topological polar surface area (TPSA) is 0 Å². The monoisotopic (exact) mass is 200 g/mol. The van der Waals surface area contributed by atoms with Crippen LogP contribution in [-0.4, -0.2) is 0 Å². The Morgan fingerprint density at radius 1 is 1.57 bits per heavy atom. The molecular weight excluding hydrogens is 199 g/mol. The maximum absolute atomic E-state index is 5.21. The van der Waals surface area contributed by atoms with Crippen molar-refractivity contribution in [3.8, 4) is 0 Å². The molecule has 0 N–H and O–H groups in total. The van der Waals surface area contributed by atoms with Gasteiger partial charge in [0.25, 0.3) is 0 Å². The molecular formula is C4H3BrCl2. The molecule has 0 bridgehead atoms. The Morgan fingerprint density at radius 3 is 2.00 bits per heavy atom. The van der Waals surface area contributed by atoms with Crippen molar-refractivity contribution >= 4 is 39.1 Å². The molecule has 0 fully saturated rings. The zero-order valence-electron chi connectivity index (χ0n) is 3.42. The number of hydrogen-bond acceptors (Lipinski definition) is 0. The van der Waals surface area contributed by atoms with Gasteiger partial charge in [0.15, 0.2) is 0 Å². The summed E-state index contributed by atoms with van der Waals surface area (Å²) in [5, 5.41) is 0. The van der Waals surface area contributed by atoms with Crippen LogP contribution < -0.4 is 0 Å². The van der Waals surface area contributed by atoms with Gasteiger partial charge in [-0.25, -0.2) is 0 Å². The van der Waals surface area contributed by atoms with Crippen LogP contribution in [0.3, 0.4) is 0 Å². The lowest BCUT2D eigenvalue weighted by Crippen LogP contribution is -1.53. The quantitative estimate of drug-likeness (QED) is 0.572. The van der Waals surface area contributed by atoms with Crippen LogP contribution in [0.2, 0.25) is 0 Å². The highest BCUT2D eigenvalue weighted by atomic mass is 79.9. The molecule has 0 aliphatic carbocycles. The molecule has 0 nitrogen and oxygen atoms in total. The van der Waals surface area contributed by atoms with Gasteiger partial charge in [-0.1, -0.05) is 45.7 Å². The van der Waals surface area contributed by atoms with Gasteiger partial charge in [0.05, 0.1) is 0 Å². The largest absolute Gasteiger partial charge is 0.107 e. The summed E-state index contributed by atoms with van der Waals surface area (Å²) >= 11 is 13.5. The molecule has 0 aliphatic rings. The smallest absolute Gasteiger partial charge is 0.0847 e. The van der Waals surface area contributed by atoms with Gasteiger partial charge in [-0.15, -0.1) is 0 Å². The van der Waals surface area contributed by atoms with Gasteiger partial charge < -0.3 is 0 Å². The third kappa shape index (κ3) is 6.54. The van der Waals surface area contributed by atoms with Crippen LogP contribution in [0.5, 0.6) is 0 Å². The van der Waals surface area contributed by atoms with E-state index in [-0.39, 0.29) is 4.49 Å². The van der Waals surface area contributed by atoms with E-state index in [1.54, 1.807) is 0 Å². The normalized spacial score (nSPS) is 7.86. The highest BCUT2D eigenvalue weighted by Gasteiger charge is 1.80. The second-order valence-corrected chi connectivity index (χ2v) is 2.91. The van der Waals surface area contributed by atoms with Crippen molar-refractivity contribution in [3.63, 3.8) is 0 Å². The lowest BCUT2D eigenvalue weighted by molar-refractivity contribution is 2.02. The molecule has 0 saturated heterocycles. The molecule has 0 unspecified atom stereocenters. The lowest BCUT2D eigenvalue weighted by Gasteiger charge is -1.78. The minimum atomic E-state index is 0.210. The summed E-state index contributed by atoms with van der Waals surface area (Å²) in [7, 11) is 0. The van der Waals surface area contributed by atoms with E-state index in [0.29, 0.717) is 4.48 Å². The minimum Gasteiger partial charge on any atom is -0.0847 e. The van der Waals surface area contributed by atoms with Gasteiger partial charge in [-0.2, -0.15) is 0 Å². The van der Waals surface area contributed by atoms with E-state index < -0.39 is 0 Å². The highest BCUT2D eigenvalue weighted by molar-refractivity contribution is 9.11. The second kappa shape index (κ2) is 3.53. The van der Waals surface area contributed by atoms with Crippen molar-refractivity contribution in [3.05, 3.63) is 21.6 Å².